The molecule has 3 rings (SSSR count). The molecule has 2 aromatic rings. The van der Waals surface area contributed by atoms with Gasteiger partial charge in [-0.25, -0.2) is 4.39 Å². The van der Waals surface area contributed by atoms with Gasteiger partial charge < -0.3 is 14.5 Å². The van der Waals surface area contributed by atoms with Crippen LogP contribution in [0, 0.1) is 5.82 Å². The fourth-order valence-corrected chi connectivity index (χ4v) is 3.86. The van der Waals surface area contributed by atoms with E-state index in [0.29, 0.717) is 11.5 Å². The molecule has 0 N–H and O–H groups in total. The molecule has 1 aliphatic heterocycles. The van der Waals surface area contributed by atoms with Gasteiger partial charge in [-0.3, -0.25) is 4.79 Å². The molecule has 0 bridgehead atoms. The minimum Gasteiger partial charge on any atom is -0.497 e. The standard InChI is InChI=1S/C20H23FN2O2S/c1-25-19-7-5-18(6-8-19)22-9-11-23(12-10-22)20(24)15-26-14-16-3-2-4-17(21)13-16/h2-8,13H,9-12,14-15H2,1H3. The van der Waals surface area contributed by atoms with Crippen LogP contribution in [0.1, 0.15) is 5.56 Å². The van der Waals surface area contributed by atoms with Gasteiger partial charge in [-0.15, -0.1) is 11.8 Å². The number of rotatable bonds is 6. The van der Waals surface area contributed by atoms with Crippen molar-refractivity contribution in [3.8, 4) is 5.75 Å². The summed E-state index contributed by atoms with van der Waals surface area (Å²) in [4.78, 5) is 16.6. The van der Waals surface area contributed by atoms with Gasteiger partial charge >= 0.3 is 0 Å². The van der Waals surface area contributed by atoms with Crippen LogP contribution in [0.4, 0.5) is 10.1 Å². The van der Waals surface area contributed by atoms with E-state index in [2.05, 4.69) is 4.90 Å². The lowest BCUT2D eigenvalue weighted by Crippen LogP contribution is -2.49. The minimum absolute atomic E-state index is 0.154. The molecule has 1 fully saturated rings. The van der Waals surface area contributed by atoms with Crippen LogP contribution in [-0.2, 0) is 10.5 Å². The van der Waals surface area contributed by atoms with Crippen molar-refractivity contribution in [3.63, 3.8) is 0 Å². The molecule has 1 amide bonds. The Morgan fingerprint density at radius 2 is 1.85 bits per heavy atom. The lowest BCUT2D eigenvalue weighted by molar-refractivity contribution is -0.128. The van der Waals surface area contributed by atoms with Crippen molar-refractivity contribution in [2.75, 3.05) is 43.9 Å². The molecule has 2 aromatic carbocycles. The monoisotopic (exact) mass is 374 g/mol. The topological polar surface area (TPSA) is 32.8 Å². The van der Waals surface area contributed by atoms with Crippen molar-refractivity contribution in [2.45, 2.75) is 5.75 Å². The molecular weight excluding hydrogens is 351 g/mol. The number of thioether (sulfide) groups is 1. The SMILES string of the molecule is COc1ccc(N2CCN(C(=O)CSCc3cccc(F)c3)CC2)cc1. The van der Waals surface area contributed by atoms with Gasteiger partial charge in [-0.2, -0.15) is 0 Å². The summed E-state index contributed by atoms with van der Waals surface area (Å²) < 4.78 is 18.4. The van der Waals surface area contributed by atoms with Crippen LogP contribution in [0.2, 0.25) is 0 Å². The predicted octanol–water partition coefficient (Wildman–Crippen LogP) is 3.42. The van der Waals surface area contributed by atoms with E-state index in [1.165, 1.54) is 23.9 Å². The smallest absolute Gasteiger partial charge is 0.232 e. The number of hydrogen-bond acceptors (Lipinski definition) is 4. The zero-order valence-electron chi connectivity index (χ0n) is 14.9. The Labute approximate surface area is 157 Å². The Hall–Kier alpha value is -2.21. The molecule has 6 heteroatoms. The van der Waals surface area contributed by atoms with Crippen molar-refractivity contribution in [2.24, 2.45) is 0 Å². The maximum Gasteiger partial charge on any atom is 0.232 e. The quantitative estimate of drug-likeness (QED) is 0.776. The van der Waals surface area contributed by atoms with E-state index in [4.69, 9.17) is 4.74 Å². The van der Waals surface area contributed by atoms with E-state index in [9.17, 15) is 9.18 Å². The third-order valence-corrected chi connectivity index (χ3v) is 5.44. The minimum atomic E-state index is -0.232. The maximum absolute atomic E-state index is 13.2. The number of hydrogen-bond donors (Lipinski definition) is 0. The first kappa shape index (κ1) is 18.6. The van der Waals surface area contributed by atoms with Crippen LogP contribution in [-0.4, -0.2) is 49.8 Å². The summed E-state index contributed by atoms with van der Waals surface area (Å²) in [6.45, 7) is 3.11. The number of ether oxygens (including phenoxy) is 1. The number of nitrogens with zero attached hydrogens (tertiary/aromatic N) is 2. The molecule has 4 nitrogen and oxygen atoms in total. The average molecular weight is 374 g/mol. The van der Waals surface area contributed by atoms with E-state index in [-0.39, 0.29) is 11.7 Å². The Balaban J connectivity index is 1.43. The fraction of sp³-hybridized carbons (Fsp3) is 0.350. The first-order chi connectivity index (χ1) is 12.7. The summed E-state index contributed by atoms with van der Waals surface area (Å²) in [6, 6.07) is 14.5. The summed E-state index contributed by atoms with van der Waals surface area (Å²) in [5, 5.41) is 0. The second-order valence-corrected chi connectivity index (χ2v) is 7.17. The van der Waals surface area contributed by atoms with Crippen LogP contribution in [0.25, 0.3) is 0 Å². The normalized spacial score (nSPS) is 14.4. The zero-order chi connectivity index (χ0) is 18.4. The molecule has 0 spiro atoms. The Kier molecular flexibility index (Phi) is 6.39. The van der Waals surface area contributed by atoms with Gasteiger partial charge in [0, 0.05) is 37.6 Å². The van der Waals surface area contributed by atoms with Crippen LogP contribution in [0.5, 0.6) is 5.75 Å². The van der Waals surface area contributed by atoms with Gasteiger partial charge in [0.25, 0.3) is 0 Å². The van der Waals surface area contributed by atoms with Crippen molar-refractivity contribution >= 4 is 23.4 Å². The lowest BCUT2D eigenvalue weighted by atomic mass is 10.2. The third-order valence-electron chi connectivity index (χ3n) is 4.45. The zero-order valence-corrected chi connectivity index (χ0v) is 15.7. The first-order valence-electron chi connectivity index (χ1n) is 8.64. The van der Waals surface area contributed by atoms with E-state index in [1.54, 1.807) is 13.2 Å². The van der Waals surface area contributed by atoms with E-state index >= 15 is 0 Å². The second-order valence-electron chi connectivity index (χ2n) is 6.19. The van der Waals surface area contributed by atoms with Crippen LogP contribution >= 0.6 is 11.8 Å². The van der Waals surface area contributed by atoms with Crippen molar-refractivity contribution in [1.29, 1.82) is 0 Å². The molecule has 0 atom stereocenters. The number of carbonyl (C=O) groups is 1. The number of carbonyl (C=O) groups excluding carboxylic acids is 1. The maximum atomic E-state index is 13.2. The molecular formula is C20H23FN2O2S. The molecule has 1 heterocycles. The van der Waals surface area contributed by atoms with Crippen molar-refractivity contribution in [1.82, 2.24) is 4.90 Å². The van der Waals surface area contributed by atoms with Gasteiger partial charge in [0.1, 0.15) is 11.6 Å². The third kappa shape index (κ3) is 4.91. The Morgan fingerprint density at radius 3 is 2.50 bits per heavy atom. The van der Waals surface area contributed by atoms with Gasteiger partial charge in [0.05, 0.1) is 12.9 Å². The highest BCUT2D eigenvalue weighted by Crippen LogP contribution is 2.21. The molecule has 0 unspecified atom stereocenters. The van der Waals surface area contributed by atoms with Crippen molar-refractivity contribution in [3.05, 3.63) is 59.9 Å². The molecule has 1 saturated heterocycles. The summed E-state index contributed by atoms with van der Waals surface area (Å²) >= 11 is 1.53. The molecule has 138 valence electrons. The van der Waals surface area contributed by atoms with Crippen LogP contribution < -0.4 is 9.64 Å². The van der Waals surface area contributed by atoms with Gasteiger partial charge in [0.15, 0.2) is 0 Å². The average Bonchev–Trinajstić information content (AvgIpc) is 2.68. The lowest BCUT2D eigenvalue weighted by Gasteiger charge is -2.36. The number of amides is 1. The van der Waals surface area contributed by atoms with E-state index in [0.717, 1.165) is 43.2 Å². The molecule has 0 aliphatic carbocycles. The van der Waals surface area contributed by atoms with Crippen molar-refractivity contribution < 1.29 is 13.9 Å². The summed E-state index contributed by atoms with van der Waals surface area (Å²) in [6.07, 6.45) is 0. The number of halogens is 1. The predicted molar refractivity (Wildman–Crippen MR) is 104 cm³/mol. The summed E-state index contributed by atoms with van der Waals surface area (Å²) in [5.41, 5.74) is 2.06. The largest absolute Gasteiger partial charge is 0.497 e. The fourth-order valence-electron chi connectivity index (χ4n) is 2.98. The highest BCUT2D eigenvalue weighted by atomic mass is 32.2. The molecule has 26 heavy (non-hydrogen) atoms. The van der Waals surface area contributed by atoms with E-state index < -0.39 is 0 Å². The molecule has 0 radical (unpaired) electrons. The van der Waals surface area contributed by atoms with Crippen LogP contribution in [0.15, 0.2) is 48.5 Å². The second kappa shape index (κ2) is 8.94. The Morgan fingerprint density at radius 1 is 1.12 bits per heavy atom. The molecule has 0 aromatic heterocycles. The van der Waals surface area contributed by atoms with Crippen LogP contribution in [0.3, 0.4) is 0 Å². The van der Waals surface area contributed by atoms with E-state index in [1.807, 2.05) is 35.2 Å². The van der Waals surface area contributed by atoms with Gasteiger partial charge in [-0.05, 0) is 42.0 Å². The highest BCUT2D eigenvalue weighted by molar-refractivity contribution is 7.99. The number of methoxy groups -OCH3 is 1. The molecule has 0 saturated carbocycles. The molecule has 1 aliphatic rings. The number of benzene rings is 2. The first-order valence-corrected chi connectivity index (χ1v) is 9.80. The number of anilines is 1. The van der Waals surface area contributed by atoms with Gasteiger partial charge in [-0.1, -0.05) is 12.1 Å². The summed E-state index contributed by atoms with van der Waals surface area (Å²) in [5.74, 6) is 1.84. The summed E-state index contributed by atoms with van der Waals surface area (Å²) in [7, 11) is 1.66. The highest BCUT2D eigenvalue weighted by Gasteiger charge is 2.21. The Bertz CT molecular complexity index is 731. The van der Waals surface area contributed by atoms with Gasteiger partial charge in [0.2, 0.25) is 5.91 Å². The number of piperazine rings is 1.